The fraction of sp³-hybridized carbons (Fsp3) is 0.231. The molecule has 1 heterocycles. The van der Waals surface area contributed by atoms with Crippen molar-refractivity contribution in [3.63, 3.8) is 0 Å². The van der Waals surface area contributed by atoms with Crippen molar-refractivity contribution in [1.82, 2.24) is 5.43 Å². The monoisotopic (exact) mass is 282 g/mol. The summed E-state index contributed by atoms with van der Waals surface area (Å²) < 4.78 is 6.11. The third-order valence-corrected chi connectivity index (χ3v) is 4.10. The predicted octanol–water partition coefficient (Wildman–Crippen LogP) is 3.16. The van der Waals surface area contributed by atoms with Crippen LogP contribution in [0.1, 0.15) is 16.5 Å². The molecule has 0 aliphatic rings. The van der Waals surface area contributed by atoms with Crippen molar-refractivity contribution in [2.75, 3.05) is 7.11 Å². The molecule has 5 heteroatoms. The second-order valence-corrected chi connectivity index (χ2v) is 5.62. The van der Waals surface area contributed by atoms with Crippen LogP contribution in [0.4, 0.5) is 0 Å². The number of hydrogen-bond acceptors (Lipinski definition) is 4. The number of rotatable bonds is 5. The number of hydrogen-bond donors (Lipinski definition) is 2. The van der Waals surface area contributed by atoms with E-state index in [1.807, 2.05) is 36.4 Å². The maximum atomic E-state index is 5.95. The molecule has 0 aliphatic carbocycles. The van der Waals surface area contributed by atoms with Crippen molar-refractivity contribution < 1.29 is 4.74 Å². The molecule has 0 aliphatic heterocycles. The first kappa shape index (κ1) is 13.4. The van der Waals surface area contributed by atoms with Gasteiger partial charge in [0.1, 0.15) is 5.75 Å². The molecule has 0 spiro atoms. The predicted molar refractivity (Wildman–Crippen MR) is 76.1 cm³/mol. The van der Waals surface area contributed by atoms with Crippen molar-refractivity contribution in [3.8, 4) is 5.75 Å². The van der Waals surface area contributed by atoms with Crippen LogP contribution in [-0.4, -0.2) is 7.11 Å². The van der Waals surface area contributed by atoms with Crippen LogP contribution in [-0.2, 0) is 6.42 Å². The van der Waals surface area contributed by atoms with Crippen LogP contribution >= 0.6 is 22.9 Å². The third kappa shape index (κ3) is 3.03. The Hall–Kier alpha value is -1.07. The summed E-state index contributed by atoms with van der Waals surface area (Å²) in [5, 5.41) is 0. The zero-order valence-electron chi connectivity index (χ0n) is 10.0. The first-order chi connectivity index (χ1) is 8.74. The second kappa shape index (κ2) is 6.20. The van der Waals surface area contributed by atoms with E-state index >= 15 is 0 Å². The highest BCUT2D eigenvalue weighted by Crippen LogP contribution is 2.30. The van der Waals surface area contributed by atoms with Crippen LogP contribution in [0, 0.1) is 0 Å². The summed E-state index contributed by atoms with van der Waals surface area (Å²) in [5.41, 5.74) is 3.95. The van der Waals surface area contributed by atoms with Crippen LogP contribution in [0.15, 0.2) is 36.4 Å². The van der Waals surface area contributed by atoms with Crippen LogP contribution in [0.2, 0.25) is 4.34 Å². The van der Waals surface area contributed by atoms with Gasteiger partial charge in [-0.15, -0.1) is 11.3 Å². The lowest BCUT2D eigenvalue weighted by Gasteiger charge is -2.16. The summed E-state index contributed by atoms with van der Waals surface area (Å²) in [4.78, 5) is 1.12. The third-order valence-electron chi connectivity index (χ3n) is 2.76. The van der Waals surface area contributed by atoms with E-state index in [4.69, 9.17) is 22.2 Å². The maximum Gasteiger partial charge on any atom is 0.122 e. The zero-order chi connectivity index (χ0) is 13.0. The van der Waals surface area contributed by atoms with Gasteiger partial charge in [0.05, 0.1) is 17.5 Å². The molecular formula is C13H15ClN2OS. The SMILES string of the molecule is COc1ccccc1CC(NN)c1ccc(Cl)s1. The Balaban J connectivity index is 2.20. The molecule has 1 aromatic carbocycles. The second-order valence-electron chi connectivity index (χ2n) is 3.88. The normalized spacial score (nSPS) is 12.4. The number of thiophene rings is 1. The number of nitrogens with two attached hydrogens (primary N) is 1. The molecule has 1 aromatic heterocycles. The molecule has 1 unspecified atom stereocenters. The molecule has 0 fully saturated rings. The number of benzene rings is 1. The summed E-state index contributed by atoms with van der Waals surface area (Å²) in [6, 6.07) is 11.9. The number of ether oxygens (including phenoxy) is 1. The Morgan fingerprint density at radius 3 is 2.72 bits per heavy atom. The van der Waals surface area contributed by atoms with Gasteiger partial charge >= 0.3 is 0 Å². The number of hydrazine groups is 1. The van der Waals surface area contributed by atoms with Gasteiger partial charge in [-0.1, -0.05) is 29.8 Å². The van der Waals surface area contributed by atoms with E-state index < -0.39 is 0 Å². The van der Waals surface area contributed by atoms with Gasteiger partial charge in [-0.2, -0.15) is 0 Å². The molecule has 3 nitrogen and oxygen atoms in total. The summed E-state index contributed by atoms with van der Waals surface area (Å²) in [7, 11) is 1.67. The first-order valence-electron chi connectivity index (χ1n) is 5.58. The molecule has 0 saturated carbocycles. The molecule has 96 valence electrons. The minimum absolute atomic E-state index is 0.0406. The van der Waals surface area contributed by atoms with Gasteiger partial charge in [0.25, 0.3) is 0 Å². The van der Waals surface area contributed by atoms with Crippen molar-refractivity contribution in [3.05, 3.63) is 51.2 Å². The molecule has 0 saturated heterocycles. The minimum Gasteiger partial charge on any atom is -0.496 e. The van der Waals surface area contributed by atoms with Crippen molar-refractivity contribution in [2.24, 2.45) is 5.84 Å². The van der Waals surface area contributed by atoms with Gasteiger partial charge in [-0.25, -0.2) is 0 Å². The Kier molecular flexibility index (Phi) is 4.60. The number of nitrogens with one attached hydrogen (secondary N) is 1. The van der Waals surface area contributed by atoms with Gasteiger partial charge < -0.3 is 4.74 Å². The van der Waals surface area contributed by atoms with Crippen LogP contribution in [0.3, 0.4) is 0 Å². The molecule has 1 atom stereocenters. The summed E-state index contributed by atoms with van der Waals surface area (Å²) in [6.45, 7) is 0. The van der Waals surface area contributed by atoms with E-state index in [1.54, 1.807) is 7.11 Å². The van der Waals surface area contributed by atoms with Gasteiger partial charge in [-0.3, -0.25) is 11.3 Å². The molecule has 18 heavy (non-hydrogen) atoms. The van der Waals surface area contributed by atoms with E-state index in [0.717, 1.165) is 26.9 Å². The van der Waals surface area contributed by atoms with Crippen molar-refractivity contribution >= 4 is 22.9 Å². The molecule has 0 bridgehead atoms. The Bertz CT molecular complexity index is 515. The average Bonchev–Trinajstić information content (AvgIpc) is 2.83. The zero-order valence-corrected chi connectivity index (χ0v) is 11.6. The van der Waals surface area contributed by atoms with E-state index in [-0.39, 0.29) is 6.04 Å². The van der Waals surface area contributed by atoms with Crippen LogP contribution in [0.5, 0.6) is 5.75 Å². The smallest absolute Gasteiger partial charge is 0.122 e. The highest BCUT2D eigenvalue weighted by Gasteiger charge is 2.15. The minimum atomic E-state index is 0.0406. The van der Waals surface area contributed by atoms with E-state index in [9.17, 15) is 0 Å². The first-order valence-corrected chi connectivity index (χ1v) is 6.77. The maximum absolute atomic E-state index is 5.95. The highest BCUT2D eigenvalue weighted by atomic mass is 35.5. The van der Waals surface area contributed by atoms with E-state index in [2.05, 4.69) is 5.43 Å². The highest BCUT2D eigenvalue weighted by molar-refractivity contribution is 7.16. The lowest BCUT2D eigenvalue weighted by molar-refractivity contribution is 0.406. The molecule has 2 aromatic rings. The summed E-state index contributed by atoms with van der Waals surface area (Å²) >= 11 is 7.48. The summed E-state index contributed by atoms with van der Waals surface area (Å²) in [5.74, 6) is 6.50. The fourth-order valence-corrected chi connectivity index (χ4v) is 2.97. The van der Waals surface area contributed by atoms with Gasteiger partial charge in [0.2, 0.25) is 0 Å². The molecule has 0 amide bonds. The Morgan fingerprint density at radius 2 is 2.11 bits per heavy atom. The molecule has 0 radical (unpaired) electrons. The van der Waals surface area contributed by atoms with E-state index in [0.29, 0.717) is 0 Å². The Labute approximate surface area is 116 Å². The van der Waals surface area contributed by atoms with E-state index in [1.165, 1.54) is 11.3 Å². The number of halogens is 1. The number of para-hydroxylation sites is 1. The van der Waals surface area contributed by atoms with Crippen molar-refractivity contribution in [1.29, 1.82) is 0 Å². The lowest BCUT2D eigenvalue weighted by atomic mass is 10.0. The molecule has 3 N–H and O–H groups in total. The quantitative estimate of drug-likeness (QED) is 0.654. The summed E-state index contributed by atoms with van der Waals surface area (Å²) in [6.07, 6.45) is 0.761. The van der Waals surface area contributed by atoms with Gasteiger partial charge in [0.15, 0.2) is 0 Å². The molecule has 2 rings (SSSR count). The average molecular weight is 283 g/mol. The number of methoxy groups -OCH3 is 1. The standard InChI is InChI=1S/C13H15ClN2OS/c1-17-11-5-3-2-4-9(11)8-10(16-15)12-6-7-13(14)18-12/h2-7,10,16H,8,15H2,1H3. The topological polar surface area (TPSA) is 47.3 Å². The fourth-order valence-electron chi connectivity index (χ4n) is 1.85. The van der Waals surface area contributed by atoms with Crippen LogP contribution < -0.4 is 16.0 Å². The Morgan fingerprint density at radius 1 is 1.33 bits per heavy atom. The molecular weight excluding hydrogens is 268 g/mol. The largest absolute Gasteiger partial charge is 0.496 e. The van der Waals surface area contributed by atoms with Gasteiger partial charge in [0, 0.05) is 4.88 Å². The van der Waals surface area contributed by atoms with Gasteiger partial charge in [-0.05, 0) is 30.2 Å². The van der Waals surface area contributed by atoms with Crippen molar-refractivity contribution in [2.45, 2.75) is 12.5 Å². The van der Waals surface area contributed by atoms with Crippen LogP contribution in [0.25, 0.3) is 0 Å². The lowest BCUT2D eigenvalue weighted by Crippen LogP contribution is -2.29.